The Bertz CT molecular complexity index is 744. The number of morpholine rings is 1. The molecule has 1 fully saturated rings. The standard InChI is InChI=1S/C17H26N4O3S2/c1-2-18-17(20-14-5-3-4-6-14)19-13-15-7-8-16(25-15)26(22,23)21-9-11-24-12-10-21/h3-4,7-8,14H,2,5-6,9-13H2,1H3,(H2,18,19,20). The lowest BCUT2D eigenvalue weighted by Gasteiger charge is -2.25. The minimum atomic E-state index is -3.42. The van der Waals surface area contributed by atoms with Crippen molar-refractivity contribution in [1.29, 1.82) is 0 Å². The number of hydrogen-bond donors (Lipinski definition) is 2. The second-order valence-electron chi connectivity index (χ2n) is 6.22. The Morgan fingerprint density at radius 2 is 2.04 bits per heavy atom. The average molecular weight is 399 g/mol. The molecule has 9 heteroatoms. The third-order valence-electron chi connectivity index (χ3n) is 4.29. The highest BCUT2D eigenvalue weighted by Gasteiger charge is 2.27. The minimum absolute atomic E-state index is 0.377. The SMILES string of the molecule is CCNC(=NCc1ccc(S(=O)(=O)N2CCOCC2)s1)NC1CC=CC1. The molecule has 2 N–H and O–H groups in total. The maximum Gasteiger partial charge on any atom is 0.252 e. The second kappa shape index (κ2) is 8.98. The monoisotopic (exact) mass is 398 g/mol. The van der Waals surface area contributed by atoms with Crippen LogP contribution in [0.2, 0.25) is 0 Å². The molecule has 2 heterocycles. The highest BCUT2D eigenvalue weighted by Crippen LogP contribution is 2.26. The summed E-state index contributed by atoms with van der Waals surface area (Å²) in [6.45, 7) is 5.01. The Morgan fingerprint density at radius 3 is 2.73 bits per heavy atom. The second-order valence-corrected chi connectivity index (χ2v) is 9.55. The van der Waals surface area contributed by atoms with E-state index < -0.39 is 10.0 Å². The predicted octanol–water partition coefficient (Wildman–Crippen LogP) is 1.54. The third-order valence-corrected chi connectivity index (χ3v) is 7.72. The molecule has 7 nitrogen and oxygen atoms in total. The first-order chi connectivity index (χ1) is 12.6. The lowest BCUT2D eigenvalue weighted by Crippen LogP contribution is -2.42. The minimum Gasteiger partial charge on any atom is -0.379 e. The van der Waals surface area contributed by atoms with E-state index in [0.29, 0.717) is 43.1 Å². The first kappa shape index (κ1) is 19.3. The molecule has 1 aliphatic carbocycles. The van der Waals surface area contributed by atoms with Crippen LogP contribution in [0.3, 0.4) is 0 Å². The number of ether oxygens (including phenoxy) is 1. The van der Waals surface area contributed by atoms with Gasteiger partial charge in [-0.1, -0.05) is 12.2 Å². The number of rotatable bonds is 6. The van der Waals surface area contributed by atoms with E-state index in [1.165, 1.54) is 15.6 Å². The van der Waals surface area contributed by atoms with Gasteiger partial charge in [0.1, 0.15) is 4.21 Å². The molecule has 3 rings (SSSR count). The topological polar surface area (TPSA) is 83.0 Å². The molecule has 0 amide bonds. The highest BCUT2D eigenvalue weighted by atomic mass is 32.2. The average Bonchev–Trinajstić information content (AvgIpc) is 3.33. The van der Waals surface area contributed by atoms with Gasteiger partial charge in [-0.05, 0) is 31.9 Å². The van der Waals surface area contributed by atoms with E-state index in [2.05, 4.69) is 27.8 Å². The van der Waals surface area contributed by atoms with Crippen molar-refractivity contribution in [2.75, 3.05) is 32.8 Å². The zero-order valence-electron chi connectivity index (χ0n) is 15.0. The molecule has 144 valence electrons. The van der Waals surface area contributed by atoms with Gasteiger partial charge in [-0.15, -0.1) is 11.3 Å². The van der Waals surface area contributed by atoms with E-state index in [1.807, 2.05) is 13.0 Å². The lowest BCUT2D eigenvalue weighted by molar-refractivity contribution is 0.0731. The molecule has 1 aromatic heterocycles. The number of thiophene rings is 1. The van der Waals surface area contributed by atoms with Crippen LogP contribution in [0.4, 0.5) is 0 Å². The van der Waals surface area contributed by atoms with Crippen LogP contribution >= 0.6 is 11.3 Å². The fourth-order valence-electron chi connectivity index (χ4n) is 2.90. The van der Waals surface area contributed by atoms with Crippen LogP contribution in [0.15, 0.2) is 33.5 Å². The molecule has 0 saturated carbocycles. The number of hydrogen-bond acceptors (Lipinski definition) is 5. The summed E-state index contributed by atoms with van der Waals surface area (Å²) in [7, 11) is -3.42. The molecule has 1 saturated heterocycles. The maximum atomic E-state index is 12.7. The highest BCUT2D eigenvalue weighted by molar-refractivity contribution is 7.91. The number of nitrogens with one attached hydrogen (secondary N) is 2. The molecule has 26 heavy (non-hydrogen) atoms. The Labute approximate surface area is 159 Å². The normalized spacial score (nSPS) is 19.8. The largest absolute Gasteiger partial charge is 0.379 e. The van der Waals surface area contributed by atoms with Crippen molar-refractivity contribution in [3.8, 4) is 0 Å². The van der Waals surface area contributed by atoms with Gasteiger partial charge in [0.15, 0.2) is 5.96 Å². The summed E-state index contributed by atoms with van der Waals surface area (Å²) < 4.78 is 32.5. The number of guanidine groups is 1. The van der Waals surface area contributed by atoms with Crippen LogP contribution in [-0.4, -0.2) is 57.6 Å². The van der Waals surface area contributed by atoms with Crippen molar-refractivity contribution in [3.05, 3.63) is 29.2 Å². The summed E-state index contributed by atoms with van der Waals surface area (Å²) in [6.07, 6.45) is 6.35. The van der Waals surface area contributed by atoms with Gasteiger partial charge in [0.2, 0.25) is 0 Å². The van der Waals surface area contributed by atoms with E-state index in [1.54, 1.807) is 6.07 Å². The van der Waals surface area contributed by atoms with Crippen LogP contribution in [0, 0.1) is 0 Å². The molecule has 1 aliphatic heterocycles. The molecule has 0 aromatic carbocycles. The van der Waals surface area contributed by atoms with Crippen molar-refractivity contribution >= 4 is 27.3 Å². The molecule has 2 aliphatic rings. The van der Waals surface area contributed by atoms with Gasteiger partial charge in [-0.2, -0.15) is 4.31 Å². The van der Waals surface area contributed by atoms with Crippen molar-refractivity contribution in [2.45, 2.75) is 36.6 Å². The fourth-order valence-corrected chi connectivity index (χ4v) is 5.74. The summed E-state index contributed by atoms with van der Waals surface area (Å²) >= 11 is 1.29. The number of nitrogens with zero attached hydrogens (tertiary/aromatic N) is 2. The van der Waals surface area contributed by atoms with Gasteiger partial charge in [0.05, 0.1) is 19.8 Å². The first-order valence-electron chi connectivity index (χ1n) is 8.96. The van der Waals surface area contributed by atoms with Gasteiger partial charge >= 0.3 is 0 Å². The summed E-state index contributed by atoms with van der Waals surface area (Å²) in [5, 5.41) is 6.66. The Kier molecular flexibility index (Phi) is 6.68. The summed E-state index contributed by atoms with van der Waals surface area (Å²) in [6, 6.07) is 3.91. The van der Waals surface area contributed by atoms with Crippen LogP contribution in [-0.2, 0) is 21.3 Å². The van der Waals surface area contributed by atoms with E-state index >= 15 is 0 Å². The molecule has 0 atom stereocenters. The molecule has 0 bridgehead atoms. The van der Waals surface area contributed by atoms with Crippen molar-refractivity contribution in [2.24, 2.45) is 4.99 Å². The Hall–Kier alpha value is -1.42. The van der Waals surface area contributed by atoms with Crippen LogP contribution < -0.4 is 10.6 Å². The Balaban J connectivity index is 1.64. The Morgan fingerprint density at radius 1 is 1.31 bits per heavy atom. The van der Waals surface area contributed by atoms with E-state index in [0.717, 1.165) is 30.2 Å². The van der Waals surface area contributed by atoms with Gasteiger partial charge in [-0.3, -0.25) is 0 Å². The first-order valence-corrected chi connectivity index (χ1v) is 11.2. The summed E-state index contributed by atoms with van der Waals surface area (Å²) in [5.41, 5.74) is 0. The smallest absolute Gasteiger partial charge is 0.252 e. The van der Waals surface area contributed by atoms with Crippen molar-refractivity contribution in [3.63, 3.8) is 0 Å². The molecule has 0 unspecified atom stereocenters. The van der Waals surface area contributed by atoms with Gasteiger partial charge in [0, 0.05) is 30.6 Å². The summed E-state index contributed by atoms with van der Waals surface area (Å²) in [5.74, 6) is 0.771. The lowest BCUT2D eigenvalue weighted by atomic mass is 10.2. The van der Waals surface area contributed by atoms with Gasteiger partial charge in [-0.25, -0.2) is 13.4 Å². The quantitative estimate of drug-likeness (QED) is 0.432. The zero-order valence-corrected chi connectivity index (χ0v) is 16.6. The number of sulfonamides is 1. The molecular weight excluding hydrogens is 372 g/mol. The molecule has 1 aromatic rings. The van der Waals surface area contributed by atoms with Gasteiger partial charge in [0.25, 0.3) is 10.0 Å². The van der Waals surface area contributed by atoms with E-state index in [9.17, 15) is 8.42 Å². The summed E-state index contributed by atoms with van der Waals surface area (Å²) in [4.78, 5) is 5.53. The molecular formula is C17H26N4O3S2. The van der Waals surface area contributed by atoms with Gasteiger partial charge < -0.3 is 15.4 Å². The van der Waals surface area contributed by atoms with Crippen LogP contribution in [0.25, 0.3) is 0 Å². The zero-order chi connectivity index (χ0) is 18.4. The van der Waals surface area contributed by atoms with Crippen LogP contribution in [0.1, 0.15) is 24.6 Å². The maximum absolute atomic E-state index is 12.7. The molecule has 0 spiro atoms. The fraction of sp³-hybridized carbons (Fsp3) is 0.588. The number of aliphatic imine (C=N–C) groups is 1. The van der Waals surface area contributed by atoms with E-state index in [-0.39, 0.29) is 0 Å². The van der Waals surface area contributed by atoms with Crippen molar-refractivity contribution in [1.82, 2.24) is 14.9 Å². The molecule has 0 radical (unpaired) electrons. The van der Waals surface area contributed by atoms with Crippen molar-refractivity contribution < 1.29 is 13.2 Å². The predicted molar refractivity (Wildman–Crippen MR) is 104 cm³/mol. The van der Waals surface area contributed by atoms with Crippen LogP contribution in [0.5, 0.6) is 0 Å². The van der Waals surface area contributed by atoms with E-state index in [4.69, 9.17) is 4.74 Å². The third kappa shape index (κ3) is 4.85.